The van der Waals surface area contributed by atoms with Crippen molar-refractivity contribution in [1.29, 1.82) is 0 Å². The van der Waals surface area contributed by atoms with Gasteiger partial charge in [-0.05, 0) is 23.6 Å². The van der Waals surface area contributed by atoms with Crippen LogP contribution in [-0.2, 0) is 17.9 Å². The van der Waals surface area contributed by atoms with Gasteiger partial charge in [0.15, 0.2) is 6.61 Å². The van der Waals surface area contributed by atoms with Crippen molar-refractivity contribution in [3.8, 4) is 5.75 Å². The minimum absolute atomic E-state index is 0.0186. The van der Waals surface area contributed by atoms with Crippen LogP contribution >= 0.6 is 27.5 Å². The normalized spacial score (nSPS) is 11.7. The summed E-state index contributed by atoms with van der Waals surface area (Å²) in [5.74, 6) is 1.84. The number of alkyl halides is 1. The molecular formula is C14H16BrClN2O2. The van der Waals surface area contributed by atoms with Gasteiger partial charge in [-0.2, -0.15) is 0 Å². The summed E-state index contributed by atoms with van der Waals surface area (Å²) < 4.78 is 12.1. The van der Waals surface area contributed by atoms with Crippen LogP contribution in [-0.4, -0.2) is 10.2 Å². The van der Waals surface area contributed by atoms with E-state index in [1.807, 2.05) is 12.1 Å². The zero-order valence-corrected chi connectivity index (χ0v) is 14.0. The van der Waals surface area contributed by atoms with E-state index in [1.165, 1.54) is 0 Å². The van der Waals surface area contributed by atoms with E-state index in [9.17, 15) is 0 Å². The minimum Gasteiger partial charge on any atom is -0.484 e. The van der Waals surface area contributed by atoms with E-state index in [4.69, 9.17) is 20.8 Å². The summed E-state index contributed by atoms with van der Waals surface area (Å²) in [5.41, 5.74) is 1.10. The van der Waals surface area contributed by atoms with Crippen LogP contribution in [0.2, 0.25) is 0 Å². The summed E-state index contributed by atoms with van der Waals surface area (Å²) in [6.45, 7) is 6.65. The first kappa shape index (κ1) is 15.3. The Bertz CT molecular complexity index is 593. The van der Waals surface area contributed by atoms with Gasteiger partial charge in [-0.1, -0.05) is 36.7 Å². The fourth-order valence-electron chi connectivity index (χ4n) is 1.75. The highest BCUT2D eigenvalue weighted by Crippen LogP contribution is 2.34. The highest BCUT2D eigenvalue weighted by atomic mass is 79.9. The van der Waals surface area contributed by atoms with Gasteiger partial charge in [0.05, 0.1) is 0 Å². The molecule has 20 heavy (non-hydrogen) atoms. The molecule has 108 valence electrons. The lowest BCUT2D eigenvalue weighted by Gasteiger charge is -2.22. The van der Waals surface area contributed by atoms with Crippen LogP contribution < -0.4 is 4.74 Å². The van der Waals surface area contributed by atoms with Crippen LogP contribution in [0.1, 0.15) is 38.1 Å². The number of hydrogen-bond acceptors (Lipinski definition) is 4. The van der Waals surface area contributed by atoms with Crippen molar-refractivity contribution < 1.29 is 9.15 Å². The number of rotatable bonds is 4. The molecule has 0 N–H and O–H groups in total. The number of nitrogens with zero attached hydrogens (tertiary/aromatic N) is 2. The first-order valence-corrected chi connectivity index (χ1v) is 7.53. The molecule has 0 aliphatic heterocycles. The average molecular weight is 360 g/mol. The van der Waals surface area contributed by atoms with E-state index in [1.54, 1.807) is 0 Å². The highest BCUT2D eigenvalue weighted by molar-refractivity contribution is 9.10. The molecule has 2 aromatic rings. The summed E-state index contributed by atoms with van der Waals surface area (Å²) in [7, 11) is 0. The summed E-state index contributed by atoms with van der Waals surface area (Å²) in [6.07, 6.45) is 0. The van der Waals surface area contributed by atoms with Crippen LogP contribution in [0, 0.1) is 0 Å². The van der Waals surface area contributed by atoms with Crippen molar-refractivity contribution in [2.75, 3.05) is 0 Å². The fraction of sp³-hybridized carbons (Fsp3) is 0.429. The molecule has 0 saturated carbocycles. The maximum absolute atomic E-state index is 5.80. The minimum atomic E-state index is -0.0186. The topological polar surface area (TPSA) is 48.2 Å². The quantitative estimate of drug-likeness (QED) is 0.757. The Balaban J connectivity index is 2.17. The van der Waals surface area contributed by atoms with Crippen molar-refractivity contribution in [2.45, 2.75) is 38.7 Å². The number of aromatic nitrogens is 2. The van der Waals surface area contributed by atoms with Crippen molar-refractivity contribution in [2.24, 2.45) is 0 Å². The first-order chi connectivity index (χ1) is 9.40. The van der Waals surface area contributed by atoms with Gasteiger partial charge in [0.2, 0.25) is 5.89 Å². The number of ether oxygens (including phenoxy) is 1. The third kappa shape index (κ3) is 3.73. The number of halogens is 2. The van der Waals surface area contributed by atoms with Crippen molar-refractivity contribution >= 4 is 27.5 Å². The summed E-state index contributed by atoms with van der Waals surface area (Å²) >= 11 is 9.10. The standard InChI is InChI=1S/C14H16BrClN2O2/c1-14(2,3)10-6-9(15)4-5-11(10)19-8-13-18-17-12(7-16)20-13/h4-6H,7-8H2,1-3H3. The lowest BCUT2D eigenvalue weighted by molar-refractivity contribution is 0.254. The number of hydrogen-bond donors (Lipinski definition) is 0. The zero-order chi connectivity index (χ0) is 14.8. The molecule has 0 bridgehead atoms. The second-order valence-electron chi connectivity index (χ2n) is 5.40. The van der Waals surface area contributed by atoms with Crippen LogP contribution in [0.4, 0.5) is 0 Å². The molecule has 0 fully saturated rings. The van der Waals surface area contributed by atoms with Gasteiger partial charge in [0, 0.05) is 10.0 Å². The maximum Gasteiger partial charge on any atom is 0.253 e. The van der Waals surface area contributed by atoms with E-state index in [0.29, 0.717) is 11.8 Å². The third-order valence-electron chi connectivity index (χ3n) is 2.72. The average Bonchev–Trinajstić information content (AvgIpc) is 2.84. The molecule has 0 aliphatic carbocycles. The Kier molecular flexibility index (Phi) is 4.70. The molecule has 6 heteroatoms. The molecule has 0 aliphatic rings. The predicted molar refractivity (Wildman–Crippen MR) is 81.0 cm³/mol. The second-order valence-corrected chi connectivity index (χ2v) is 6.59. The third-order valence-corrected chi connectivity index (χ3v) is 3.45. The summed E-state index contributed by atoms with van der Waals surface area (Å²) in [6, 6.07) is 5.94. The fourth-order valence-corrected chi connectivity index (χ4v) is 2.22. The maximum atomic E-state index is 5.80. The Morgan fingerprint density at radius 3 is 2.55 bits per heavy atom. The molecule has 1 aromatic heterocycles. The smallest absolute Gasteiger partial charge is 0.253 e. The molecule has 0 spiro atoms. The molecule has 0 atom stereocenters. The molecule has 0 radical (unpaired) electrons. The molecule has 0 unspecified atom stereocenters. The molecule has 4 nitrogen and oxygen atoms in total. The Morgan fingerprint density at radius 2 is 1.95 bits per heavy atom. The van der Waals surface area contributed by atoms with E-state index < -0.39 is 0 Å². The van der Waals surface area contributed by atoms with E-state index >= 15 is 0 Å². The van der Waals surface area contributed by atoms with Crippen molar-refractivity contribution in [3.63, 3.8) is 0 Å². The molecular weight excluding hydrogens is 344 g/mol. The molecule has 0 saturated heterocycles. The Hall–Kier alpha value is -1.07. The lowest BCUT2D eigenvalue weighted by Crippen LogP contribution is -2.13. The van der Waals surface area contributed by atoms with Gasteiger partial charge in [-0.25, -0.2) is 0 Å². The largest absolute Gasteiger partial charge is 0.484 e. The first-order valence-electron chi connectivity index (χ1n) is 6.20. The van der Waals surface area contributed by atoms with Gasteiger partial charge in [0.1, 0.15) is 11.6 Å². The van der Waals surface area contributed by atoms with Gasteiger partial charge >= 0.3 is 0 Å². The Morgan fingerprint density at radius 1 is 1.25 bits per heavy atom. The van der Waals surface area contributed by atoms with E-state index in [2.05, 4.69) is 53.0 Å². The highest BCUT2D eigenvalue weighted by Gasteiger charge is 2.20. The lowest BCUT2D eigenvalue weighted by atomic mass is 9.86. The second kappa shape index (κ2) is 6.14. The van der Waals surface area contributed by atoms with Crippen LogP contribution in [0.5, 0.6) is 5.75 Å². The van der Waals surface area contributed by atoms with Crippen LogP contribution in [0.25, 0.3) is 0 Å². The van der Waals surface area contributed by atoms with Crippen molar-refractivity contribution in [1.82, 2.24) is 10.2 Å². The van der Waals surface area contributed by atoms with Crippen molar-refractivity contribution in [3.05, 3.63) is 40.0 Å². The van der Waals surface area contributed by atoms with Crippen LogP contribution in [0.15, 0.2) is 27.1 Å². The molecule has 1 heterocycles. The van der Waals surface area contributed by atoms with E-state index in [0.717, 1.165) is 15.8 Å². The van der Waals surface area contributed by atoms with Gasteiger partial charge in [-0.3, -0.25) is 0 Å². The Labute approximate surface area is 131 Å². The summed E-state index contributed by atoms with van der Waals surface area (Å²) in [4.78, 5) is 0. The number of benzene rings is 1. The van der Waals surface area contributed by atoms with Crippen LogP contribution in [0.3, 0.4) is 0 Å². The zero-order valence-electron chi connectivity index (χ0n) is 11.6. The van der Waals surface area contributed by atoms with Gasteiger partial charge in [-0.15, -0.1) is 21.8 Å². The van der Waals surface area contributed by atoms with Gasteiger partial charge < -0.3 is 9.15 Å². The predicted octanol–water partition coefficient (Wildman–Crippen LogP) is 4.45. The van der Waals surface area contributed by atoms with E-state index in [-0.39, 0.29) is 17.9 Å². The van der Waals surface area contributed by atoms with Gasteiger partial charge in [0.25, 0.3) is 5.89 Å². The summed E-state index contributed by atoms with van der Waals surface area (Å²) in [5, 5.41) is 7.67. The molecule has 1 aromatic carbocycles. The SMILES string of the molecule is CC(C)(C)c1cc(Br)ccc1OCc1nnc(CCl)o1. The monoisotopic (exact) mass is 358 g/mol. The molecule has 0 amide bonds. The molecule has 2 rings (SSSR count).